The first-order chi connectivity index (χ1) is 20.2. The van der Waals surface area contributed by atoms with Crippen molar-refractivity contribution in [3.05, 3.63) is 108 Å². The van der Waals surface area contributed by atoms with E-state index >= 15 is 0 Å². The first-order valence-electron chi connectivity index (χ1n) is 13.6. The van der Waals surface area contributed by atoms with Crippen LogP contribution in [0.15, 0.2) is 91.0 Å². The molecule has 1 aromatic heterocycles. The molecule has 0 aliphatic rings. The number of nitrogens with zero attached hydrogens (tertiary/aromatic N) is 1. The topological polar surface area (TPSA) is 97.6 Å². The molecule has 1 heterocycles. The van der Waals surface area contributed by atoms with E-state index in [9.17, 15) is 23.9 Å². The van der Waals surface area contributed by atoms with Crippen LogP contribution < -0.4 is 5.32 Å². The van der Waals surface area contributed by atoms with Crippen LogP contribution >= 0.6 is 0 Å². The van der Waals surface area contributed by atoms with Gasteiger partial charge in [0.15, 0.2) is 5.78 Å². The summed E-state index contributed by atoms with van der Waals surface area (Å²) in [5.74, 6) is -1.79. The summed E-state index contributed by atoms with van der Waals surface area (Å²) in [6.45, 7) is 3.86. The molecule has 0 radical (unpaired) electrons. The lowest BCUT2D eigenvalue weighted by Crippen LogP contribution is -2.20. The van der Waals surface area contributed by atoms with Crippen molar-refractivity contribution in [1.82, 2.24) is 4.57 Å². The quantitative estimate of drug-likeness (QED) is 0.155. The Kier molecular flexibility index (Phi) is 9.83. The van der Waals surface area contributed by atoms with Crippen molar-refractivity contribution in [2.75, 3.05) is 12.4 Å². The SMILES string of the molecule is COC(=O)CC(O)CC(=O)C=Cc1c(-c2ccc(F)cc2)c(-c2ccccc2)c(C(=O)Nc2ccccc2)n1C(C)C. The molecule has 0 saturated carbocycles. The summed E-state index contributed by atoms with van der Waals surface area (Å²) in [6, 6.07) is 24.3. The number of ketones is 1. The molecular formula is C34H33FN2O5. The van der Waals surface area contributed by atoms with Crippen LogP contribution in [-0.4, -0.2) is 40.5 Å². The van der Waals surface area contributed by atoms with Gasteiger partial charge in [0.25, 0.3) is 5.91 Å². The summed E-state index contributed by atoms with van der Waals surface area (Å²) in [7, 11) is 1.21. The fourth-order valence-corrected chi connectivity index (χ4v) is 4.86. The number of carbonyl (C=O) groups is 3. The Hall–Kier alpha value is -4.82. The second-order valence-corrected chi connectivity index (χ2v) is 10.1. The monoisotopic (exact) mass is 568 g/mol. The van der Waals surface area contributed by atoms with Crippen LogP contribution in [0.25, 0.3) is 28.3 Å². The third-order valence-electron chi connectivity index (χ3n) is 6.70. The predicted molar refractivity (Wildman–Crippen MR) is 161 cm³/mol. The molecular weight excluding hydrogens is 535 g/mol. The zero-order chi connectivity index (χ0) is 30.2. The molecule has 0 aliphatic heterocycles. The Bertz CT molecular complexity index is 1580. The molecule has 7 nitrogen and oxygen atoms in total. The average Bonchev–Trinajstić information content (AvgIpc) is 3.33. The number of carbonyl (C=O) groups excluding carboxylic acids is 3. The van der Waals surface area contributed by atoms with Gasteiger partial charge in [-0.25, -0.2) is 4.39 Å². The molecule has 0 saturated heterocycles. The van der Waals surface area contributed by atoms with E-state index in [0.717, 1.165) is 5.56 Å². The summed E-state index contributed by atoms with van der Waals surface area (Å²) >= 11 is 0. The Labute approximate surface area is 244 Å². The van der Waals surface area contributed by atoms with E-state index in [1.807, 2.05) is 66.9 Å². The molecule has 0 bridgehead atoms. The van der Waals surface area contributed by atoms with Gasteiger partial charge >= 0.3 is 5.97 Å². The maximum Gasteiger partial charge on any atom is 0.308 e. The van der Waals surface area contributed by atoms with Gasteiger partial charge in [-0.2, -0.15) is 0 Å². The summed E-state index contributed by atoms with van der Waals surface area (Å²) in [5.41, 5.74) is 4.24. The molecule has 4 rings (SSSR count). The van der Waals surface area contributed by atoms with Crippen LogP contribution in [0.2, 0.25) is 0 Å². The van der Waals surface area contributed by atoms with E-state index in [1.165, 1.54) is 25.3 Å². The zero-order valence-electron chi connectivity index (χ0n) is 23.7. The molecule has 216 valence electrons. The van der Waals surface area contributed by atoms with Crippen molar-refractivity contribution in [1.29, 1.82) is 0 Å². The Morgan fingerprint density at radius 3 is 2.07 bits per heavy atom. The van der Waals surface area contributed by atoms with Crippen molar-refractivity contribution in [3.63, 3.8) is 0 Å². The number of aliphatic hydroxyl groups is 1. The number of methoxy groups -OCH3 is 1. The van der Waals surface area contributed by atoms with Gasteiger partial charge in [-0.15, -0.1) is 0 Å². The maximum absolute atomic E-state index is 14.0. The number of benzene rings is 3. The smallest absolute Gasteiger partial charge is 0.308 e. The number of amides is 1. The number of anilines is 1. The number of nitrogens with one attached hydrogen (secondary N) is 1. The number of hydrogen-bond acceptors (Lipinski definition) is 5. The number of rotatable bonds is 11. The van der Waals surface area contributed by atoms with Crippen molar-refractivity contribution < 1.29 is 28.6 Å². The van der Waals surface area contributed by atoms with Gasteiger partial charge in [-0.05, 0) is 61.4 Å². The van der Waals surface area contributed by atoms with Gasteiger partial charge in [-0.3, -0.25) is 14.4 Å². The molecule has 1 amide bonds. The van der Waals surface area contributed by atoms with Crippen LogP contribution in [0, 0.1) is 5.82 Å². The highest BCUT2D eigenvalue weighted by molar-refractivity contribution is 6.12. The lowest BCUT2D eigenvalue weighted by molar-refractivity contribution is -0.143. The molecule has 4 aromatic rings. The summed E-state index contributed by atoms with van der Waals surface area (Å²) in [4.78, 5) is 38.4. The minimum Gasteiger partial charge on any atom is -0.469 e. The number of hydrogen-bond donors (Lipinski definition) is 2. The second-order valence-electron chi connectivity index (χ2n) is 10.1. The van der Waals surface area contributed by atoms with Gasteiger partial charge in [-0.1, -0.05) is 60.7 Å². The average molecular weight is 569 g/mol. The van der Waals surface area contributed by atoms with E-state index < -0.39 is 23.7 Å². The molecule has 0 fully saturated rings. The zero-order valence-corrected chi connectivity index (χ0v) is 23.7. The second kappa shape index (κ2) is 13.7. The Morgan fingerprint density at radius 1 is 0.881 bits per heavy atom. The minimum atomic E-state index is -1.20. The molecule has 0 aliphatic carbocycles. The van der Waals surface area contributed by atoms with E-state index in [-0.39, 0.29) is 24.8 Å². The number of esters is 1. The third-order valence-corrected chi connectivity index (χ3v) is 6.70. The lowest BCUT2D eigenvalue weighted by atomic mass is 9.94. The van der Waals surface area contributed by atoms with E-state index in [2.05, 4.69) is 10.1 Å². The molecule has 2 N–H and O–H groups in total. The highest BCUT2D eigenvalue weighted by Crippen LogP contribution is 2.42. The van der Waals surface area contributed by atoms with E-state index in [1.54, 1.807) is 30.3 Å². The molecule has 8 heteroatoms. The van der Waals surface area contributed by atoms with Crippen molar-refractivity contribution >= 4 is 29.4 Å². The first kappa shape index (κ1) is 30.1. The molecule has 0 spiro atoms. The maximum atomic E-state index is 14.0. The number of halogens is 1. The van der Waals surface area contributed by atoms with Gasteiger partial charge < -0.3 is 19.7 Å². The van der Waals surface area contributed by atoms with Gasteiger partial charge in [0, 0.05) is 29.3 Å². The first-order valence-corrected chi connectivity index (χ1v) is 13.6. The number of para-hydroxylation sites is 1. The van der Waals surface area contributed by atoms with Crippen LogP contribution in [0.1, 0.15) is 48.9 Å². The van der Waals surface area contributed by atoms with Crippen molar-refractivity contribution in [2.45, 2.75) is 38.8 Å². The van der Waals surface area contributed by atoms with Crippen molar-refractivity contribution in [3.8, 4) is 22.3 Å². The fourth-order valence-electron chi connectivity index (χ4n) is 4.86. The number of aromatic nitrogens is 1. The third kappa shape index (κ3) is 7.08. The van der Waals surface area contributed by atoms with E-state index in [4.69, 9.17) is 0 Å². The highest BCUT2D eigenvalue weighted by atomic mass is 19.1. The fraction of sp³-hybridized carbons (Fsp3) is 0.206. The number of allylic oxidation sites excluding steroid dienone is 1. The van der Waals surface area contributed by atoms with Crippen molar-refractivity contribution in [2.24, 2.45) is 0 Å². The Balaban J connectivity index is 1.93. The van der Waals surface area contributed by atoms with Gasteiger partial charge in [0.1, 0.15) is 11.5 Å². The number of aliphatic hydroxyl groups excluding tert-OH is 1. The largest absolute Gasteiger partial charge is 0.469 e. The summed E-state index contributed by atoms with van der Waals surface area (Å²) in [5, 5.41) is 13.2. The minimum absolute atomic E-state index is 0.224. The normalized spacial score (nSPS) is 12.0. The number of ether oxygens (including phenoxy) is 1. The summed E-state index contributed by atoms with van der Waals surface area (Å²) in [6.07, 6.45) is 1.15. The molecule has 42 heavy (non-hydrogen) atoms. The molecule has 1 atom stereocenters. The van der Waals surface area contributed by atoms with Crippen LogP contribution in [0.4, 0.5) is 10.1 Å². The lowest BCUT2D eigenvalue weighted by Gasteiger charge is -2.17. The molecule has 3 aromatic carbocycles. The van der Waals surface area contributed by atoms with Gasteiger partial charge in [0.05, 0.1) is 25.3 Å². The predicted octanol–water partition coefficient (Wildman–Crippen LogP) is 6.69. The van der Waals surface area contributed by atoms with Gasteiger partial charge in [0.2, 0.25) is 0 Å². The van der Waals surface area contributed by atoms with Crippen LogP contribution in [0.5, 0.6) is 0 Å². The van der Waals surface area contributed by atoms with Crippen LogP contribution in [-0.2, 0) is 14.3 Å². The summed E-state index contributed by atoms with van der Waals surface area (Å²) < 4.78 is 20.4. The highest BCUT2D eigenvalue weighted by Gasteiger charge is 2.29. The Morgan fingerprint density at radius 2 is 1.48 bits per heavy atom. The molecule has 1 unspecified atom stereocenters. The van der Waals surface area contributed by atoms with E-state index in [0.29, 0.717) is 33.8 Å². The van der Waals surface area contributed by atoms with Crippen LogP contribution in [0.3, 0.4) is 0 Å². The standard InChI is InChI=1S/C34H33FN2O5/c1-22(2)37-29(19-18-27(38)20-28(39)21-30(40)42-3)31(24-14-16-25(35)17-15-24)32(23-10-6-4-7-11-23)33(37)34(41)36-26-12-8-5-9-13-26/h4-19,22,28,39H,20-21H2,1-3H3,(H,36,41).